The van der Waals surface area contributed by atoms with Crippen LogP contribution in [-0.2, 0) is 4.79 Å². The molecule has 0 spiro atoms. The zero-order valence-corrected chi connectivity index (χ0v) is 6.95. The second kappa shape index (κ2) is 5.09. The molecule has 0 fully saturated rings. The Morgan fingerprint density at radius 1 is 1.45 bits per heavy atom. The van der Waals surface area contributed by atoms with Gasteiger partial charge in [0.1, 0.15) is 0 Å². The van der Waals surface area contributed by atoms with Crippen molar-refractivity contribution in [3.63, 3.8) is 0 Å². The van der Waals surface area contributed by atoms with E-state index >= 15 is 0 Å². The number of hydrogen-bond donors (Lipinski definition) is 2. The van der Waals surface area contributed by atoms with E-state index in [2.05, 4.69) is 0 Å². The lowest BCUT2D eigenvalue weighted by Gasteiger charge is -2.20. The van der Waals surface area contributed by atoms with E-state index < -0.39 is 18.6 Å². The Kier molecular flexibility index (Phi) is 4.81. The third kappa shape index (κ3) is 2.86. The molecule has 0 aliphatic carbocycles. The molecule has 0 aromatic heterocycles. The van der Waals surface area contributed by atoms with E-state index in [4.69, 9.17) is 10.2 Å². The second-order valence-corrected chi connectivity index (χ2v) is 2.21. The molecule has 0 aromatic carbocycles. The van der Waals surface area contributed by atoms with Crippen molar-refractivity contribution in [2.75, 3.05) is 19.7 Å². The van der Waals surface area contributed by atoms with Crippen molar-refractivity contribution in [2.45, 2.75) is 20.0 Å². The zero-order chi connectivity index (χ0) is 8.85. The lowest BCUT2D eigenvalue weighted by Crippen LogP contribution is -2.40. The van der Waals surface area contributed by atoms with Gasteiger partial charge in [-0.05, 0) is 13.8 Å². The minimum atomic E-state index is -1.25. The second-order valence-electron chi connectivity index (χ2n) is 2.21. The summed E-state index contributed by atoms with van der Waals surface area (Å²) in [6.07, 6.45) is -1.25. The monoisotopic (exact) mass is 161 g/mol. The van der Waals surface area contributed by atoms with E-state index in [0.717, 1.165) is 0 Å². The average molecular weight is 161 g/mol. The van der Waals surface area contributed by atoms with Crippen LogP contribution in [0, 0.1) is 0 Å². The van der Waals surface area contributed by atoms with Crippen LogP contribution >= 0.6 is 0 Å². The number of likely N-dealkylation sites (N-methyl/N-ethyl adjacent to an activating group) is 1. The SMILES string of the molecule is CCN(CC)C(=O)[C@H](O)CO. The van der Waals surface area contributed by atoms with Crippen LogP contribution in [0.2, 0.25) is 0 Å². The highest BCUT2D eigenvalue weighted by Gasteiger charge is 2.18. The van der Waals surface area contributed by atoms with Crippen molar-refractivity contribution in [3.8, 4) is 0 Å². The van der Waals surface area contributed by atoms with Crippen molar-refractivity contribution in [2.24, 2.45) is 0 Å². The number of aliphatic hydroxyl groups is 2. The number of nitrogens with zero attached hydrogens (tertiary/aromatic N) is 1. The third-order valence-electron chi connectivity index (χ3n) is 1.53. The third-order valence-corrected chi connectivity index (χ3v) is 1.53. The molecule has 0 aliphatic rings. The predicted octanol–water partition coefficient (Wildman–Crippen LogP) is -0.792. The van der Waals surface area contributed by atoms with Gasteiger partial charge in [-0.3, -0.25) is 4.79 Å². The molecule has 1 atom stereocenters. The molecule has 4 nitrogen and oxygen atoms in total. The van der Waals surface area contributed by atoms with Gasteiger partial charge >= 0.3 is 0 Å². The maximum Gasteiger partial charge on any atom is 0.253 e. The molecule has 0 bridgehead atoms. The standard InChI is InChI=1S/C7H15NO3/c1-3-8(4-2)7(11)6(10)5-9/h6,9-10H,3-5H2,1-2H3/t6-/m1/s1. The van der Waals surface area contributed by atoms with E-state index in [1.807, 2.05) is 13.8 Å². The van der Waals surface area contributed by atoms with Crippen molar-refractivity contribution >= 4 is 5.91 Å². The van der Waals surface area contributed by atoms with Crippen molar-refractivity contribution < 1.29 is 15.0 Å². The van der Waals surface area contributed by atoms with E-state index in [9.17, 15) is 4.79 Å². The largest absolute Gasteiger partial charge is 0.393 e. The highest BCUT2D eigenvalue weighted by molar-refractivity contribution is 5.80. The van der Waals surface area contributed by atoms with Gasteiger partial charge in [0.15, 0.2) is 6.10 Å². The number of hydrogen-bond acceptors (Lipinski definition) is 3. The first kappa shape index (κ1) is 10.4. The van der Waals surface area contributed by atoms with E-state index in [0.29, 0.717) is 13.1 Å². The lowest BCUT2D eigenvalue weighted by molar-refractivity contribution is -0.141. The van der Waals surface area contributed by atoms with Crippen molar-refractivity contribution in [3.05, 3.63) is 0 Å². The molecule has 66 valence electrons. The van der Waals surface area contributed by atoms with E-state index in [1.165, 1.54) is 4.90 Å². The smallest absolute Gasteiger partial charge is 0.253 e. The summed E-state index contributed by atoms with van der Waals surface area (Å²) in [5.74, 6) is -0.405. The number of rotatable bonds is 4. The van der Waals surface area contributed by atoms with Gasteiger partial charge in [-0.15, -0.1) is 0 Å². The van der Waals surface area contributed by atoms with Crippen LogP contribution < -0.4 is 0 Å². The molecule has 0 aromatic rings. The Balaban J connectivity index is 3.97. The van der Waals surface area contributed by atoms with Crippen LogP contribution in [0.25, 0.3) is 0 Å². The molecule has 0 aliphatic heterocycles. The predicted molar refractivity (Wildman–Crippen MR) is 41.0 cm³/mol. The molecule has 0 heterocycles. The molecule has 1 amide bonds. The lowest BCUT2D eigenvalue weighted by atomic mass is 10.3. The first-order valence-corrected chi connectivity index (χ1v) is 3.75. The van der Waals surface area contributed by atoms with Crippen molar-refractivity contribution in [1.29, 1.82) is 0 Å². The Morgan fingerprint density at radius 3 is 2.18 bits per heavy atom. The van der Waals surface area contributed by atoms with Crippen LogP contribution in [0.1, 0.15) is 13.8 Å². The van der Waals surface area contributed by atoms with Crippen LogP contribution in [0.3, 0.4) is 0 Å². The molecule has 0 saturated heterocycles. The van der Waals surface area contributed by atoms with Crippen LogP contribution in [0.5, 0.6) is 0 Å². The Labute approximate surface area is 66.4 Å². The first-order chi connectivity index (χ1) is 5.17. The molecule has 0 unspecified atom stereocenters. The number of carbonyl (C=O) groups excluding carboxylic acids is 1. The normalized spacial score (nSPS) is 12.7. The molecule has 11 heavy (non-hydrogen) atoms. The van der Waals surface area contributed by atoms with Gasteiger partial charge in [-0.2, -0.15) is 0 Å². The quantitative estimate of drug-likeness (QED) is 0.568. The molecular formula is C7H15NO3. The van der Waals surface area contributed by atoms with Gasteiger partial charge in [-0.1, -0.05) is 0 Å². The summed E-state index contributed by atoms with van der Waals surface area (Å²) in [5.41, 5.74) is 0. The summed E-state index contributed by atoms with van der Waals surface area (Å²) in [6.45, 7) is 4.27. The molecule has 0 saturated carbocycles. The van der Waals surface area contributed by atoms with E-state index in [1.54, 1.807) is 0 Å². The van der Waals surface area contributed by atoms with Crippen molar-refractivity contribution in [1.82, 2.24) is 4.90 Å². The minimum Gasteiger partial charge on any atom is -0.393 e. The Hall–Kier alpha value is -0.610. The molecule has 2 N–H and O–H groups in total. The summed E-state index contributed by atoms with van der Waals surface area (Å²) in [5, 5.41) is 17.4. The number of carbonyl (C=O) groups is 1. The minimum absolute atomic E-state index is 0.405. The Morgan fingerprint density at radius 2 is 1.91 bits per heavy atom. The summed E-state index contributed by atoms with van der Waals surface area (Å²) in [6, 6.07) is 0. The summed E-state index contributed by atoms with van der Waals surface area (Å²) >= 11 is 0. The molecule has 0 radical (unpaired) electrons. The average Bonchev–Trinajstić information content (AvgIpc) is 2.05. The fourth-order valence-electron chi connectivity index (χ4n) is 0.824. The van der Waals surface area contributed by atoms with E-state index in [-0.39, 0.29) is 0 Å². The molecule has 4 heteroatoms. The van der Waals surface area contributed by atoms with Gasteiger partial charge in [0.05, 0.1) is 6.61 Å². The highest BCUT2D eigenvalue weighted by atomic mass is 16.3. The van der Waals surface area contributed by atoms with Gasteiger partial charge in [0.2, 0.25) is 0 Å². The topological polar surface area (TPSA) is 60.8 Å². The summed E-state index contributed by atoms with van der Waals surface area (Å²) in [7, 11) is 0. The molecular weight excluding hydrogens is 146 g/mol. The maximum absolute atomic E-state index is 11.1. The number of aliphatic hydroxyl groups excluding tert-OH is 2. The van der Waals surface area contributed by atoms with Crippen LogP contribution in [-0.4, -0.2) is 46.8 Å². The summed E-state index contributed by atoms with van der Waals surface area (Å²) < 4.78 is 0. The molecule has 0 rings (SSSR count). The highest BCUT2D eigenvalue weighted by Crippen LogP contribution is 1.93. The van der Waals surface area contributed by atoms with Crippen LogP contribution in [0.15, 0.2) is 0 Å². The fourth-order valence-corrected chi connectivity index (χ4v) is 0.824. The van der Waals surface area contributed by atoms with Gasteiger partial charge in [0, 0.05) is 13.1 Å². The van der Waals surface area contributed by atoms with Crippen LogP contribution in [0.4, 0.5) is 0 Å². The summed E-state index contributed by atoms with van der Waals surface area (Å²) in [4.78, 5) is 12.5. The zero-order valence-electron chi connectivity index (χ0n) is 6.95. The Bertz CT molecular complexity index is 123. The maximum atomic E-state index is 11.1. The van der Waals surface area contributed by atoms with Gasteiger partial charge in [0.25, 0.3) is 5.91 Å². The van der Waals surface area contributed by atoms with Gasteiger partial charge < -0.3 is 15.1 Å². The number of amides is 1. The fraction of sp³-hybridized carbons (Fsp3) is 0.857. The first-order valence-electron chi connectivity index (χ1n) is 3.75. The van der Waals surface area contributed by atoms with Gasteiger partial charge in [-0.25, -0.2) is 0 Å².